The van der Waals surface area contributed by atoms with Crippen molar-refractivity contribution in [3.63, 3.8) is 0 Å². The first-order valence-electron chi connectivity index (χ1n) is 10.2. The maximum Gasteiger partial charge on any atom is 0.257 e. The minimum atomic E-state index is -0.373. The van der Waals surface area contributed by atoms with Gasteiger partial charge in [-0.1, -0.05) is 6.07 Å². The molecule has 0 bridgehead atoms. The smallest absolute Gasteiger partial charge is 0.257 e. The van der Waals surface area contributed by atoms with Crippen molar-refractivity contribution in [2.24, 2.45) is 0 Å². The molecule has 0 aliphatic carbocycles. The number of hydrogen-bond acceptors (Lipinski definition) is 8. The van der Waals surface area contributed by atoms with Gasteiger partial charge in [0, 0.05) is 40.2 Å². The highest BCUT2D eigenvalue weighted by Gasteiger charge is 2.21. The van der Waals surface area contributed by atoms with Gasteiger partial charge in [-0.3, -0.25) is 4.98 Å². The Labute approximate surface area is 188 Å². The molecule has 1 atom stereocenters. The van der Waals surface area contributed by atoms with Crippen molar-refractivity contribution in [2.45, 2.75) is 12.2 Å². The SMILES string of the molecule is C[C@H](SCNc1cc(-c2cc(F)c3ncccc3c2)ncn1)c1ccnc2c1OCCO2. The van der Waals surface area contributed by atoms with Gasteiger partial charge in [-0.2, -0.15) is 0 Å². The fourth-order valence-corrected chi connectivity index (χ4v) is 4.38. The van der Waals surface area contributed by atoms with E-state index in [0.29, 0.717) is 47.6 Å². The zero-order chi connectivity index (χ0) is 21.9. The first-order valence-corrected chi connectivity index (χ1v) is 11.2. The molecule has 1 aliphatic heterocycles. The fourth-order valence-electron chi connectivity index (χ4n) is 3.53. The number of thioether (sulfide) groups is 1. The molecule has 0 spiro atoms. The van der Waals surface area contributed by atoms with E-state index in [1.807, 2.05) is 24.3 Å². The Morgan fingerprint density at radius 3 is 2.91 bits per heavy atom. The Kier molecular flexibility index (Phi) is 5.72. The molecule has 0 amide bonds. The number of ether oxygens (including phenoxy) is 2. The quantitative estimate of drug-likeness (QED) is 0.418. The van der Waals surface area contributed by atoms with E-state index in [-0.39, 0.29) is 11.1 Å². The largest absolute Gasteiger partial charge is 0.484 e. The minimum absolute atomic E-state index is 0.157. The summed E-state index contributed by atoms with van der Waals surface area (Å²) in [5, 5.41) is 4.19. The Bertz CT molecular complexity index is 1270. The van der Waals surface area contributed by atoms with Gasteiger partial charge in [-0.05, 0) is 31.2 Å². The summed E-state index contributed by atoms with van der Waals surface area (Å²) in [5.74, 6) is 2.18. The lowest BCUT2D eigenvalue weighted by molar-refractivity contribution is 0.163. The van der Waals surface area contributed by atoms with Crippen LogP contribution >= 0.6 is 11.8 Å². The van der Waals surface area contributed by atoms with Gasteiger partial charge in [0.2, 0.25) is 0 Å². The van der Waals surface area contributed by atoms with Crippen LogP contribution in [-0.4, -0.2) is 39.0 Å². The molecule has 7 nitrogen and oxygen atoms in total. The van der Waals surface area contributed by atoms with Crippen LogP contribution in [0.5, 0.6) is 11.6 Å². The normalized spacial score (nSPS) is 13.7. The van der Waals surface area contributed by atoms with Crippen LogP contribution in [0.3, 0.4) is 0 Å². The number of fused-ring (bicyclic) bond motifs is 2. The zero-order valence-electron chi connectivity index (χ0n) is 17.3. The second-order valence-corrected chi connectivity index (χ2v) is 8.51. The molecule has 0 unspecified atom stereocenters. The Hall–Kier alpha value is -3.46. The molecule has 0 saturated heterocycles. The maximum absolute atomic E-state index is 14.5. The molecule has 1 aromatic carbocycles. The molecule has 0 saturated carbocycles. The van der Waals surface area contributed by atoms with Gasteiger partial charge in [0.25, 0.3) is 5.88 Å². The number of halogens is 1. The summed E-state index contributed by atoms with van der Waals surface area (Å²) >= 11 is 1.70. The van der Waals surface area contributed by atoms with Crippen LogP contribution in [0.15, 0.2) is 55.1 Å². The second kappa shape index (κ2) is 8.96. The van der Waals surface area contributed by atoms with Crippen molar-refractivity contribution in [2.75, 3.05) is 24.4 Å². The maximum atomic E-state index is 14.5. The van der Waals surface area contributed by atoms with Crippen LogP contribution in [0.2, 0.25) is 0 Å². The first kappa shape index (κ1) is 20.4. The number of pyridine rings is 2. The van der Waals surface area contributed by atoms with Crippen molar-refractivity contribution in [1.29, 1.82) is 0 Å². The van der Waals surface area contributed by atoms with Crippen LogP contribution in [0.25, 0.3) is 22.2 Å². The number of aromatic nitrogens is 4. The molecule has 1 aliphatic rings. The molecule has 162 valence electrons. The minimum Gasteiger partial charge on any atom is -0.484 e. The molecule has 0 fully saturated rings. The third kappa shape index (κ3) is 4.16. The number of anilines is 1. The number of benzene rings is 1. The van der Waals surface area contributed by atoms with Gasteiger partial charge < -0.3 is 14.8 Å². The van der Waals surface area contributed by atoms with Crippen molar-refractivity contribution < 1.29 is 13.9 Å². The zero-order valence-corrected chi connectivity index (χ0v) is 18.1. The summed E-state index contributed by atoms with van der Waals surface area (Å²) in [7, 11) is 0. The molecule has 3 aromatic heterocycles. The van der Waals surface area contributed by atoms with Gasteiger partial charge in [0.1, 0.15) is 36.7 Å². The highest BCUT2D eigenvalue weighted by molar-refractivity contribution is 7.99. The average molecular weight is 450 g/mol. The van der Waals surface area contributed by atoms with E-state index in [0.717, 1.165) is 16.7 Å². The summed E-state index contributed by atoms with van der Waals surface area (Å²) in [5.41, 5.74) is 2.71. The fraction of sp³-hybridized carbons (Fsp3) is 0.217. The Balaban J connectivity index is 1.28. The summed E-state index contributed by atoms with van der Waals surface area (Å²) in [4.78, 5) is 16.9. The van der Waals surface area contributed by atoms with Crippen molar-refractivity contribution in [3.05, 3.63) is 66.5 Å². The molecule has 4 aromatic rings. The molecule has 1 N–H and O–H groups in total. The molecule has 5 rings (SSSR count). The van der Waals surface area contributed by atoms with E-state index in [1.165, 1.54) is 12.4 Å². The van der Waals surface area contributed by atoms with E-state index >= 15 is 0 Å². The second-order valence-electron chi connectivity index (χ2n) is 7.18. The lowest BCUT2D eigenvalue weighted by Gasteiger charge is -2.22. The number of nitrogens with zero attached hydrogens (tertiary/aromatic N) is 4. The highest BCUT2D eigenvalue weighted by Crippen LogP contribution is 2.40. The van der Waals surface area contributed by atoms with Crippen LogP contribution in [0.1, 0.15) is 17.7 Å². The highest BCUT2D eigenvalue weighted by atomic mass is 32.2. The van der Waals surface area contributed by atoms with Gasteiger partial charge >= 0.3 is 0 Å². The summed E-state index contributed by atoms with van der Waals surface area (Å²) in [6.45, 7) is 3.15. The third-order valence-corrected chi connectivity index (χ3v) is 6.18. The monoisotopic (exact) mass is 449 g/mol. The van der Waals surface area contributed by atoms with Crippen LogP contribution in [0.4, 0.5) is 10.2 Å². The number of nitrogens with one attached hydrogen (secondary N) is 1. The summed E-state index contributed by atoms with van der Waals surface area (Å²) < 4.78 is 25.8. The standard InChI is InChI=1S/C23H20FN5O2S/c1-14(17-4-6-26-23-22(17)30-7-8-31-23)32-13-29-20-11-19(27-12-28-20)16-9-15-3-2-5-25-21(15)18(24)10-16/h2-6,9-12,14H,7-8,13H2,1H3,(H,27,28,29)/t14-/m0/s1. The topological polar surface area (TPSA) is 82.1 Å². The molecule has 0 radical (unpaired) electrons. The van der Waals surface area contributed by atoms with E-state index < -0.39 is 0 Å². The third-order valence-electron chi connectivity index (χ3n) is 5.12. The van der Waals surface area contributed by atoms with E-state index in [4.69, 9.17) is 9.47 Å². The van der Waals surface area contributed by atoms with Crippen LogP contribution < -0.4 is 14.8 Å². The lowest BCUT2D eigenvalue weighted by atomic mass is 10.1. The Morgan fingerprint density at radius 2 is 1.97 bits per heavy atom. The summed E-state index contributed by atoms with van der Waals surface area (Å²) in [6.07, 6.45) is 4.79. The number of rotatable bonds is 6. The van der Waals surface area contributed by atoms with Crippen molar-refractivity contribution in [1.82, 2.24) is 19.9 Å². The lowest BCUT2D eigenvalue weighted by Crippen LogP contribution is -2.18. The van der Waals surface area contributed by atoms with Crippen molar-refractivity contribution >= 4 is 28.5 Å². The van der Waals surface area contributed by atoms with E-state index in [1.54, 1.807) is 30.2 Å². The molecule has 9 heteroatoms. The predicted octanol–water partition coefficient (Wildman–Crippen LogP) is 4.86. The molecular formula is C23H20FN5O2S. The van der Waals surface area contributed by atoms with Gasteiger partial charge in [-0.15, -0.1) is 11.8 Å². The van der Waals surface area contributed by atoms with Crippen LogP contribution in [-0.2, 0) is 0 Å². The van der Waals surface area contributed by atoms with Crippen LogP contribution in [0, 0.1) is 5.82 Å². The Morgan fingerprint density at radius 1 is 1.06 bits per heavy atom. The molecule has 32 heavy (non-hydrogen) atoms. The van der Waals surface area contributed by atoms with Gasteiger partial charge in [-0.25, -0.2) is 19.3 Å². The molecular weight excluding hydrogens is 429 g/mol. The predicted molar refractivity (Wildman–Crippen MR) is 122 cm³/mol. The first-order chi connectivity index (χ1) is 15.7. The van der Waals surface area contributed by atoms with E-state index in [2.05, 4.69) is 32.2 Å². The van der Waals surface area contributed by atoms with E-state index in [9.17, 15) is 4.39 Å². The molecule has 4 heterocycles. The average Bonchev–Trinajstić information content (AvgIpc) is 2.84. The van der Waals surface area contributed by atoms with Crippen molar-refractivity contribution in [3.8, 4) is 22.9 Å². The van der Waals surface area contributed by atoms with Gasteiger partial charge in [0.05, 0.1) is 11.6 Å². The number of hydrogen-bond donors (Lipinski definition) is 1. The van der Waals surface area contributed by atoms with Gasteiger partial charge in [0.15, 0.2) is 5.75 Å². The summed E-state index contributed by atoms with van der Waals surface area (Å²) in [6, 6.07) is 10.7.